The number of nitrogens with zero attached hydrogens (tertiary/aromatic N) is 2. The molecule has 0 radical (unpaired) electrons. The van der Waals surface area contributed by atoms with Gasteiger partial charge in [-0.3, -0.25) is 0 Å². The molecule has 17 heavy (non-hydrogen) atoms. The van der Waals surface area contributed by atoms with Crippen LogP contribution in [0.15, 0.2) is 29.6 Å². The van der Waals surface area contributed by atoms with Gasteiger partial charge in [-0.2, -0.15) is 0 Å². The average Bonchev–Trinajstić information content (AvgIpc) is 2.95. The van der Waals surface area contributed by atoms with E-state index in [2.05, 4.69) is 15.0 Å². The Kier molecular flexibility index (Phi) is 2.42. The van der Waals surface area contributed by atoms with Gasteiger partial charge in [0.15, 0.2) is 5.82 Å². The molecule has 86 valence electrons. The van der Waals surface area contributed by atoms with Gasteiger partial charge in [0.1, 0.15) is 10.7 Å². The van der Waals surface area contributed by atoms with Crippen LogP contribution in [-0.2, 0) is 0 Å². The molecular formula is C12H12N4S. The largest absolute Gasteiger partial charge is 0.337 e. The first-order valence-corrected chi connectivity index (χ1v) is 6.28. The number of hydrogen-bond acceptors (Lipinski definition) is 4. The van der Waals surface area contributed by atoms with Gasteiger partial charge in [0, 0.05) is 5.38 Å². The predicted octanol–water partition coefficient (Wildman–Crippen LogP) is 2.71. The summed E-state index contributed by atoms with van der Waals surface area (Å²) in [6.45, 7) is 1.93. The predicted molar refractivity (Wildman–Crippen MR) is 69.8 cm³/mol. The first-order valence-electron chi connectivity index (χ1n) is 5.40. The van der Waals surface area contributed by atoms with E-state index in [-0.39, 0.29) is 6.04 Å². The Bertz CT molecular complexity index is 620. The summed E-state index contributed by atoms with van der Waals surface area (Å²) in [5, 5.41) is 2.91. The number of rotatable bonds is 2. The van der Waals surface area contributed by atoms with Crippen molar-refractivity contribution in [1.29, 1.82) is 0 Å². The molecule has 1 aromatic carbocycles. The highest BCUT2D eigenvalue weighted by molar-refractivity contribution is 7.10. The average molecular weight is 244 g/mol. The number of aromatic nitrogens is 3. The van der Waals surface area contributed by atoms with Crippen molar-refractivity contribution in [2.75, 3.05) is 0 Å². The summed E-state index contributed by atoms with van der Waals surface area (Å²) in [6.07, 6.45) is 0. The second-order valence-electron chi connectivity index (χ2n) is 3.96. The highest BCUT2D eigenvalue weighted by Gasteiger charge is 2.10. The van der Waals surface area contributed by atoms with Crippen LogP contribution >= 0.6 is 11.3 Å². The summed E-state index contributed by atoms with van der Waals surface area (Å²) in [7, 11) is 0. The first kappa shape index (κ1) is 10.4. The van der Waals surface area contributed by atoms with Gasteiger partial charge in [0.05, 0.1) is 17.1 Å². The van der Waals surface area contributed by atoms with E-state index < -0.39 is 0 Å². The number of fused-ring (bicyclic) bond motifs is 1. The summed E-state index contributed by atoms with van der Waals surface area (Å²) in [5.41, 5.74) is 8.64. The molecule has 4 nitrogen and oxygen atoms in total. The van der Waals surface area contributed by atoms with Gasteiger partial charge >= 0.3 is 0 Å². The van der Waals surface area contributed by atoms with Gasteiger partial charge in [0.2, 0.25) is 0 Å². The van der Waals surface area contributed by atoms with E-state index in [1.165, 1.54) is 0 Å². The van der Waals surface area contributed by atoms with E-state index in [0.29, 0.717) is 0 Å². The van der Waals surface area contributed by atoms with Crippen LogP contribution in [0.1, 0.15) is 18.0 Å². The highest BCUT2D eigenvalue weighted by atomic mass is 32.1. The number of aromatic amines is 1. The van der Waals surface area contributed by atoms with Crippen LogP contribution in [0.5, 0.6) is 0 Å². The lowest BCUT2D eigenvalue weighted by molar-refractivity contribution is 0.807. The van der Waals surface area contributed by atoms with Crippen LogP contribution in [0.2, 0.25) is 0 Å². The molecule has 1 unspecified atom stereocenters. The molecular weight excluding hydrogens is 232 g/mol. The van der Waals surface area contributed by atoms with E-state index in [1.807, 2.05) is 36.6 Å². The Morgan fingerprint density at radius 1 is 1.29 bits per heavy atom. The van der Waals surface area contributed by atoms with Crippen molar-refractivity contribution in [2.24, 2.45) is 5.73 Å². The van der Waals surface area contributed by atoms with Gasteiger partial charge < -0.3 is 10.7 Å². The number of H-pyrrole nitrogens is 1. The van der Waals surface area contributed by atoms with Crippen molar-refractivity contribution < 1.29 is 0 Å². The quantitative estimate of drug-likeness (QED) is 0.728. The van der Waals surface area contributed by atoms with Crippen LogP contribution in [0.4, 0.5) is 0 Å². The van der Waals surface area contributed by atoms with Crippen LogP contribution in [0, 0.1) is 0 Å². The molecule has 3 rings (SSSR count). The Morgan fingerprint density at radius 2 is 2.12 bits per heavy atom. The highest BCUT2D eigenvalue weighted by Crippen LogP contribution is 2.24. The van der Waals surface area contributed by atoms with E-state index >= 15 is 0 Å². The molecule has 0 amide bonds. The summed E-state index contributed by atoms with van der Waals surface area (Å²) < 4.78 is 0. The van der Waals surface area contributed by atoms with Gasteiger partial charge in [0.25, 0.3) is 0 Å². The summed E-state index contributed by atoms with van der Waals surface area (Å²) in [5.74, 6) is 0.800. The molecule has 0 aliphatic carbocycles. The number of thiazole rings is 1. The monoisotopic (exact) mass is 244 g/mol. The number of benzene rings is 1. The van der Waals surface area contributed by atoms with Crippen molar-refractivity contribution >= 4 is 22.4 Å². The lowest BCUT2D eigenvalue weighted by Crippen LogP contribution is -2.03. The zero-order valence-electron chi connectivity index (χ0n) is 9.34. The minimum atomic E-state index is -0.0295. The van der Waals surface area contributed by atoms with Crippen molar-refractivity contribution in [2.45, 2.75) is 13.0 Å². The first-order chi connectivity index (χ1) is 8.24. The fraction of sp³-hybridized carbons (Fsp3) is 0.167. The zero-order chi connectivity index (χ0) is 11.8. The molecule has 2 heterocycles. The lowest BCUT2D eigenvalue weighted by Gasteiger charge is -1.96. The van der Waals surface area contributed by atoms with Gasteiger partial charge in [-0.25, -0.2) is 9.97 Å². The maximum Gasteiger partial charge on any atom is 0.158 e. The number of para-hydroxylation sites is 2. The summed E-state index contributed by atoms with van der Waals surface area (Å²) in [4.78, 5) is 12.2. The molecule has 0 spiro atoms. The van der Waals surface area contributed by atoms with E-state index in [4.69, 9.17) is 5.73 Å². The third kappa shape index (κ3) is 1.83. The minimum absolute atomic E-state index is 0.0295. The molecule has 0 fully saturated rings. The molecule has 0 saturated carbocycles. The molecule has 5 heteroatoms. The molecule has 3 aromatic rings. The summed E-state index contributed by atoms with van der Waals surface area (Å²) >= 11 is 1.57. The second-order valence-corrected chi connectivity index (χ2v) is 4.85. The molecule has 1 atom stereocenters. The van der Waals surface area contributed by atoms with E-state index in [0.717, 1.165) is 27.6 Å². The maximum absolute atomic E-state index is 5.80. The zero-order valence-corrected chi connectivity index (χ0v) is 10.2. The number of hydrogen-bond donors (Lipinski definition) is 2. The van der Waals surface area contributed by atoms with Crippen LogP contribution in [-0.4, -0.2) is 15.0 Å². The van der Waals surface area contributed by atoms with E-state index in [9.17, 15) is 0 Å². The van der Waals surface area contributed by atoms with Gasteiger partial charge in [-0.1, -0.05) is 12.1 Å². The van der Waals surface area contributed by atoms with Gasteiger partial charge in [-0.05, 0) is 19.1 Å². The van der Waals surface area contributed by atoms with Crippen LogP contribution in [0.3, 0.4) is 0 Å². The normalized spacial score (nSPS) is 13.1. The van der Waals surface area contributed by atoms with Crippen molar-refractivity contribution in [3.8, 4) is 11.5 Å². The Labute approximate surface area is 103 Å². The van der Waals surface area contributed by atoms with Gasteiger partial charge in [-0.15, -0.1) is 11.3 Å². The minimum Gasteiger partial charge on any atom is -0.337 e. The smallest absolute Gasteiger partial charge is 0.158 e. The lowest BCUT2D eigenvalue weighted by atomic mass is 10.3. The molecule has 0 aliphatic rings. The number of nitrogens with two attached hydrogens (primary N) is 1. The van der Waals surface area contributed by atoms with Crippen molar-refractivity contribution in [3.63, 3.8) is 0 Å². The molecule has 0 saturated heterocycles. The van der Waals surface area contributed by atoms with Crippen molar-refractivity contribution in [3.05, 3.63) is 34.7 Å². The summed E-state index contributed by atoms with van der Waals surface area (Å²) in [6, 6.07) is 7.91. The van der Waals surface area contributed by atoms with Crippen LogP contribution < -0.4 is 5.73 Å². The molecule has 3 N–H and O–H groups in total. The Hall–Kier alpha value is -1.72. The van der Waals surface area contributed by atoms with E-state index in [1.54, 1.807) is 11.3 Å². The van der Waals surface area contributed by atoms with Crippen molar-refractivity contribution in [1.82, 2.24) is 15.0 Å². The van der Waals surface area contributed by atoms with Crippen LogP contribution in [0.25, 0.3) is 22.6 Å². The maximum atomic E-state index is 5.80. The number of nitrogens with one attached hydrogen (secondary N) is 1. The number of imidazole rings is 1. The topological polar surface area (TPSA) is 67.6 Å². The fourth-order valence-corrected chi connectivity index (χ4v) is 2.44. The second kappa shape index (κ2) is 3.94. The Morgan fingerprint density at radius 3 is 2.82 bits per heavy atom. The third-order valence-electron chi connectivity index (χ3n) is 2.54. The fourth-order valence-electron chi connectivity index (χ4n) is 1.68. The third-order valence-corrected chi connectivity index (χ3v) is 3.59. The SMILES string of the molecule is CC(N)c1nc(-c2nc3ccccc3[nH]2)cs1. The molecule has 0 aliphatic heterocycles. The standard InChI is InChI=1S/C12H12N4S/c1-7(13)12-16-10(6-17-12)11-14-8-4-2-3-5-9(8)15-11/h2-7H,13H2,1H3,(H,14,15). The molecule has 2 aromatic heterocycles. The molecule has 0 bridgehead atoms. The Balaban J connectivity index is 2.07.